The van der Waals surface area contributed by atoms with Crippen LogP contribution in [0.2, 0.25) is 0 Å². The number of hydroxylamine groups is 1. The normalized spacial score (nSPS) is 18.3. The van der Waals surface area contributed by atoms with Gasteiger partial charge >= 0.3 is 5.97 Å². The first-order valence-corrected chi connectivity index (χ1v) is 14.5. The molecule has 1 saturated heterocycles. The highest BCUT2D eigenvalue weighted by Crippen LogP contribution is 2.40. The lowest BCUT2D eigenvalue weighted by Gasteiger charge is -2.36. The number of carbonyl (C=O) groups excluding carboxylic acids is 2. The second kappa shape index (κ2) is 15.4. The summed E-state index contributed by atoms with van der Waals surface area (Å²) < 4.78 is 12.7. The fourth-order valence-corrected chi connectivity index (χ4v) is 5.48. The topological polar surface area (TPSA) is 167 Å². The number of carbonyl (C=O) groups is 3. The van der Waals surface area contributed by atoms with Crippen molar-refractivity contribution < 1.29 is 39.3 Å². The van der Waals surface area contributed by atoms with Gasteiger partial charge in [-0.1, -0.05) is 36.4 Å². The van der Waals surface area contributed by atoms with Gasteiger partial charge in [0.1, 0.15) is 5.03 Å². The number of ether oxygens (including phenoxy) is 2. The number of nitrogens with one attached hydrogen (secondary N) is 2. The third-order valence-corrected chi connectivity index (χ3v) is 7.78. The summed E-state index contributed by atoms with van der Waals surface area (Å²) in [5, 5.41) is 30.8. The average Bonchev–Trinajstić information content (AvgIpc) is 3.02. The molecule has 5 N–H and O–H groups in total. The lowest BCUT2D eigenvalue weighted by molar-refractivity contribution is -0.245. The maximum absolute atomic E-state index is 12.5. The summed E-state index contributed by atoms with van der Waals surface area (Å²) in [5.74, 6) is -1.31. The first-order valence-electron chi connectivity index (χ1n) is 13.5. The molecule has 1 aliphatic rings. The molecule has 12 heteroatoms. The Morgan fingerprint density at radius 2 is 1.71 bits per heavy atom. The number of rotatable bonds is 13. The van der Waals surface area contributed by atoms with E-state index in [1.165, 1.54) is 17.8 Å². The molecule has 0 spiro atoms. The quantitative estimate of drug-likeness (QED) is 0.0814. The van der Waals surface area contributed by atoms with Gasteiger partial charge in [-0.25, -0.2) is 15.3 Å². The van der Waals surface area contributed by atoms with Gasteiger partial charge in [-0.05, 0) is 48.2 Å². The minimum Gasteiger partial charge on any atom is -0.478 e. The van der Waals surface area contributed by atoms with Crippen molar-refractivity contribution in [2.24, 2.45) is 0 Å². The van der Waals surface area contributed by atoms with Crippen LogP contribution in [0.15, 0.2) is 71.9 Å². The molecule has 3 aromatic rings. The monoisotopic (exact) mass is 595 g/mol. The number of hydrogen-bond acceptors (Lipinski definition) is 9. The summed E-state index contributed by atoms with van der Waals surface area (Å²) in [4.78, 5) is 39.5. The van der Waals surface area contributed by atoms with Crippen molar-refractivity contribution in [2.45, 2.75) is 62.2 Å². The number of aliphatic hydroxyl groups is 1. The SMILES string of the molecule is O=C(CCCCC(=O)Nc1cccc(C2OC(CSc3ncccc3C(=O)O)CC(c3ccc(CO)cc3)O2)c1)NO. The van der Waals surface area contributed by atoms with Crippen molar-refractivity contribution in [3.8, 4) is 0 Å². The minimum atomic E-state index is -1.05. The second-order valence-corrected chi connectivity index (χ2v) is 10.7. The molecule has 0 radical (unpaired) electrons. The first kappa shape index (κ1) is 31.1. The Morgan fingerprint density at radius 1 is 0.952 bits per heavy atom. The molecule has 1 fully saturated rings. The van der Waals surface area contributed by atoms with Gasteiger partial charge in [0.05, 0.1) is 24.4 Å². The third kappa shape index (κ3) is 8.84. The van der Waals surface area contributed by atoms with Gasteiger partial charge in [-0.3, -0.25) is 14.8 Å². The summed E-state index contributed by atoms with van der Waals surface area (Å²) in [6, 6.07) is 17.8. The van der Waals surface area contributed by atoms with Crippen molar-refractivity contribution in [1.82, 2.24) is 10.5 Å². The van der Waals surface area contributed by atoms with E-state index < -0.39 is 18.2 Å². The number of hydrogen-bond donors (Lipinski definition) is 5. The van der Waals surface area contributed by atoms with Crippen molar-refractivity contribution in [3.05, 3.63) is 89.1 Å². The number of anilines is 1. The van der Waals surface area contributed by atoms with Crippen molar-refractivity contribution in [3.63, 3.8) is 0 Å². The number of aromatic carboxylic acids is 1. The zero-order chi connectivity index (χ0) is 29.9. The van der Waals surface area contributed by atoms with Gasteiger partial charge in [0.25, 0.3) is 0 Å². The smallest absolute Gasteiger partial charge is 0.338 e. The highest BCUT2D eigenvalue weighted by molar-refractivity contribution is 7.99. The lowest BCUT2D eigenvalue weighted by atomic mass is 10.0. The van der Waals surface area contributed by atoms with Gasteiger partial charge in [-0.15, -0.1) is 11.8 Å². The number of benzene rings is 2. The predicted molar refractivity (Wildman–Crippen MR) is 154 cm³/mol. The number of carboxylic acids is 1. The molecule has 0 saturated carbocycles. The van der Waals surface area contributed by atoms with E-state index in [-0.39, 0.29) is 43.1 Å². The van der Waals surface area contributed by atoms with Crippen LogP contribution in [-0.4, -0.2) is 50.0 Å². The highest BCUT2D eigenvalue weighted by atomic mass is 32.2. The first-order chi connectivity index (χ1) is 20.4. The predicted octanol–water partition coefficient (Wildman–Crippen LogP) is 4.61. The van der Waals surface area contributed by atoms with E-state index >= 15 is 0 Å². The van der Waals surface area contributed by atoms with Gasteiger partial charge in [0.2, 0.25) is 11.8 Å². The van der Waals surface area contributed by atoms with E-state index in [0.29, 0.717) is 41.3 Å². The van der Waals surface area contributed by atoms with Crippen LogP contribution in [0.3, 0.4) is 0 Å². The van der Waals surface area contributed by atoms with Crippen LogP contribution in [-0.2, 0) is 25.7 Å². The second-order valence-electron chi connectivity index (χ2n) is 9.74. The zero-order valence-corrected chi connectivity index (χ0v) is 23.6. The Bertz CT molecular complexity index is 1370. The van der Waals surface area contributed by atoms with Crippen molar-refractivity contribution in [1.29, 1.82) is 0 Å². The number of thioether (sulfide) groups is 1. The number of amides is 2. The number of nitrogens with zero attached hydrogens (tertiary/aromatic N) is 1. The summed E-state index contributed by atoms with van der Waals surface area (Å²) in [5.41, 5.74) is 4.66. The van der Waals surface area contributed by atoms with Gasteiger partial charge in [-0.2, -0.15) is 0 Å². The third-order valence-electron chi connectivity index (χ3n) is 6.65. The minimum absolute atomic E-state index is 0.0662. The molecule has 4 rings (SSSR count). The number of aliphatic hydroxyl groups excluding tert-OH is 1. The van der Waals surface area contributed by atoms with Crippen LogP contribution in [0, 0.1) is 0 Å². The maximum atomic E-state index is 12.5. The molecule has 2 amide bonds. The average molecular weight is 596 g/mol. The molecule has 1 aromatic heterocycles. The Hall–Kier alpha value is -3.81. The molecule has 11 nitrogen and oxygen atoms in total. The number of carboxylic acid groups (broad SMARTS) is 1. The van der Waals surface area contributed by atoms with Crippen LogP contribution < -0.4 is 10.8 Å². The largest absolute Gasteiger partial charge is 0.478 e. The van der Waals surface area contributed by atoms with E-state index in [0.717, 1.165) is 11.1 Å². The Balaban J connectivity index is 1.47. The lowest BCUT2D eigenvalue weighted by Crippen LogP contribution is -2.31. The number of unbranched alkanes of at least 4 members (excludes halogenated alkanes) is 1. The summed E-state index contributed by atoms with van der Waals surface area (Å²) in [6.45, 7) is -0.0662. The van der Waals surface area contributed by atoms with Crippen LogP contribution in [0.25, 0.3) is 0 Å². The standard InChI is InChI=1S/C30H33N3O8S/c34-17-19-10-12-20(13-11-19)25-16-23(18-42-28-24(29(37)38)7-4-14-31-28)40-30(41-25)21-5-3-6-22(15-21)32-26(35)8-1-2-9-27(36)33-39/h3-7,10-15,23,25,30,34,39H,1-2,8-9,16-18H2,(H,32,35)(H,33,36)(H,37,38). The van der Waals surface area contributed by atoms with Crippen LogP contribution in [0.4, 0.5) is 5.69 Å². The molecular weight excluding hydrogens is 562 g/mol. The fraction of sp³-hybridized carbons (Fsp3) is 0.333. The van der Waals surface area contributed by atoms with E-state index in [2.05, 4.69) is 10.3 Å². The van der Waals surface area contributed by atoms with Crippen molar-refractivity contribution in [2.75, 3.05) is 11.1 Å². The maximum Gasteiger partial charge on any atom is 0.338 e. The van der Waals surface area contributed by atoms with Gasteiger partial charge < -0.3 is 25.0 Å². The van der Waals surface area contributed by atoms with E-state index in [1.54, 1.807) is 35.9 Å². The molecule has 3 unspecified atom stereocenters. The molecule has 1 aliphatic heterocycles. The highest BCUT2D eigenvalue weighted by Gasteiger charge is 2.32. The number of aromatic nitrogens is 1. The Kier molecular flexibility index (Phi) is 11.4. The number of pyridine rings is 1. The van der Waals surface area contributed by atoms with Crippen LogP contribution in [0.5, 0.6) is 0 Å². The summed E-state index contributed by atoms with van der Waals surface area (Å²) in [6.07, 6.45) is 1.98. The molecule has 0 aliphatic carbocycles. The van der Waals surface area contributed by atoms with Crippen LogP contribution >= 0.6 is 11.8 Å². The molecule has 2 aromatic carbocycles. The van der Waals surface area contributed by atoms with E-state index in [4.69, 9.17) is 14.7 Å². The summed E-state index contributed by atoms with van der Waals surface area (Å²) >= 11 is 1.31. The Labute approximate surface area is 247 Å². The fourth-order valence-electron chi connectivity index (χ4n) is 4.48. The van der Waals surface area contributed by atoms with Gasteiger partial charge in [0.15, 0.2) is 6.29 Å². The van der Waals surface area contributed by atoms with Gasteiger partial charge in [0, 0.05) is 42.5 Å². The van der Waals surface area contributed by atoms with E-state index in [1.807, 2.05) is 30.3 Å². The van der Waals surface area contributed by atoms with E-state index in [9.17, 15) is 24.6 Å². The zero-order valence-electron chi connectivity index (χ0n) is 22.8. The molecule has 0 bridgehead atoms. The molecule has 42 heavy (non-hydrogen) atoms. The van der Waals surface area contributed by atoms with Crippen LogP contribution in [0.1, 0.15) is 71.5 Å². The summed E-state index contributed by atoms with van der Waals surface area (Å²) in [7, 11) is 0. The molecule has 222 valence electrons. The molecular formula is C30H33N3O8S. The van der Waals surface area contributed by atoms with Crippen molar-refractivity contribution >= 4 is 35.2 Å². The Morgan fingerprint density at radius 3 is 2.43 bits per heavy atom. The molecule has 3 atom stereocenters. The molecule has 2 heterocycles.